The normalized spacial score (nSPS) is 8.40. The van der Waals surface area contributed by atoms with Gasteiger partial charge in [0.25, 0.3) is 0 Å². The van der Waals surface area contributed by atoms with Crippen LogP contribution in [0.2, 0.25) is 0 Å². The van der Waals surface area contributed by atoms with Crippen LogP contribution in [-0.2, 0) is 19.1 Å². The van der Waals surface area contributed by atoms with E-state index >= 15 is 0 Å². The fourth-order valence-electron chi connectivity index (χ4n) is 0.884. The van der Waals surface area contributed by atoms with Gasteiger partial charge in [-0.05, 0) is 12.4 Å². The van der Waals surface area contributed by atoms with E-state index in [9.17, 15) is 14.4 Å². The van der Waals surface area contributed by atoms with E-state index in [4.69, 9.17) is 4.74 Å². The van der Waals surface area contributed by atoms with Crippen molar-refractivity contribution in [3.63, 3.8) is 0 Å². The van der Waals surface area contributed by atoms with Gasteiger partial charge in [-0.15, -0.1) is 6.58 Å². The van der Waals surface area contributed by atoms with Crippen molar-refractivity contribution in [3.8, 4) is 0 Å². The minimum atomic E-state index is 0.411. The minimum Gasteiger partial charge on any atom is -0.378 e. The molecule has 0 N–H and O–H groups in total. The second kappa shape index (κ2) is 16.8. The summed E-state index contributed by atoms with van der Waals surface area (Å²) in [6, 6.07) is 0. The van der Waals surface area contributed by atoms with E-state index in [2.05, 4.69) is 19.7 Å². The Morgan fingerprint density at radius 3 is 1.50 bits per heavy atom. The smallest absolute Gasteiger partial charge is 0.213 e. The average Bonchev–Trinajstić information content (AvgIpc) is 2.48. The zero-order valence-electron chi connectivity index (χ0n) is 11.6. The van der Waals surface area contributed by atoms with E-state index in [0.29, 0.717) is 45.5 Å². The molecule has 0 saturated heterocycles. The standard InChI is InChI=1S/C10H16N2O3.C4H6O/c1-3-11(9-13)5-7-15-8-6-12(4-2)10-14;1-2-3-4-5/h3-4,9-10H,1-2,5-8H2;2,4H,1,3H2. The molecule has 6 nitrogen and oxygen atoms in total. The molecule has 0 heterocycles. The van der Waals surface area contributed by atoms with Crippen LogP contribution < -0.4 is 0 Å². The summed E-state index contributed by atoms with van der Waals surface area (Å²) < 4.78 is 5.21. The molecule has 0 unspecified atom stereocenters. The Hall–Kier alpha value is -2.21. The van der Waals surface area contributed by atoms with Crippen molar-refractivity contribution >= 4 is 19.1 Å². The highest BCUT2D eigenvalue weighted by molar-refractivity contribution is 5.51. The summed E-state index contributed by atoms with van der Waals surface area (Å²) in [5.74, 6) is 0. The molecule has 0 saturated carbocycles. The SMILES string of the molecule is C=CCC=O.C=CN(C=O)CCOCCN(C=C)C=O. The van der Waals surface area contributed by atoms with Crippen LogP contribution in [0.3, 0.4) is 0 Å². The molecule has 0 fully saturated rings. The largest absolute Gasteiger partial charge is 0.378 e. The van der Waals surface area contributed by atoms with Gasteiger partial charge in [0.05, 0.1) is 13.2 Å². The number of nitrogens with zero attached hydrogens (tertiary/aromatic N) is 2. The number of carbonyl (C=O) groups excluding carboxylic acids is 3. The van der Waals surface area contributed by atoms with E-state index in [0.717, 1.165) is 6.29 Å². The molecule has 0 bridgehead atoms. The molecule has 20 heavy (non-hydrogen) atoms. The molecule has 0 atom stereocenters. The van der Waals surface area contributed by atoms with Gasteiger partial charge < -0.3 is 19.3 Å². The van der Waals surface area contributed by atoms with Gasteiger partial charge >= 0.3 is 0 Å². The molecule has 0 aromatic rings. The number of aldehydes is 1. The van der Waals surface area contributed by atoms with Crippen molar-refractivity contribution < 1.29 is 19.1 Å². The first-order chi connectivity index (χ1) is 9.69. The number of amides is 2. The Kier molecular flexibility index (Phi) is 16.9. The molecule has 0 aromatic heterocycles. The molecule has 112 valence electrons. The monoisotopic (exact) mass is 282 g/mol. The van der Waals surface area contributed by atoms with Crippen molar-refractivity contribution in [2.45, 2.75) is 6.42 Å². The third-order valence-electron chi connectivity index (χ3n) is 1.99. The number of hydrogen-bond acceptors (Lipinski definition) is 4. The first-order valence-electron chi connectivity index (χ1n) is 5.99. The molecule has 0 rings (SSSR count). The number of hydrogen-bond donors (Lipinski definition) is 0. The summed E-state index contributed by atoms with van der Waals surface area (Å²) in [6.07, 6.45) is 7.06. The summed E-state index contributed by atoms with van der Waals surface area (Å²) in [6.45, 7) is 12.0. The van der Waals surface area contributed by atoms with Crippen LogP contribution in [0.5, 0.6) is 0 Å². The highest BCUT2D eigenvalue weighted by atomic mass is 16.5. The Balaban J connectivity index is 0. The molecular weight excluding hydrogens is 260 g/mol. The highest BCUT2D eigenvalue weighted by Gasteiger charge is 1.97. The van der Waals surface area contributed by atoms with Crippen molar-refractivity contribution in [2.24, 2.45) is 0 Å². The maximum Gasteiger partial charge on any atom is 0.213 e. The van der Waals surface area contributed by atoms with Crippen LogP contribution in [0.4, 0.5) is 0 Å². The maximum absolute atomic E-state index is 10.3. The van der Waals surface area contributed by atoms with E-state index in [1.165, 1.54) is 22.2 Å². The van der Waals surface area contributed by atoms with Gasteiger partial charge in [-0.1, -0.05) is 19.2 Å². The number of carbonyl (C=O) groups is 3. The molecule has 2 amide bonds. The quantitative estimate of drug-likeness (QED) is 0.304. The highest BCUT2D eigenvalue weighted by Crippen LogP contribution is 1.86. The van der Waals surface area contributed by atoms with Gasteiger partial charge in [-0.3, -0.25) is 9.59 Å². The third-order valence-corrected chi connectivity index (χ3v) is 1.99. The Labute approximate surface area is 120 Å². The Morgan fingerprint density at radius 2 is 1.30 bits per heavy atom. The van der Waals surface area contributed by atoms with Crippen LogP contribution >= 0.6 is 0 Å². The van der Waals surface area contributed by atoms with E-state index in [1.54, 1.807) is 6.08 Å². The van der Waals surface area contributed by atoms with Gasteiger partial charge in [0.15, 0.2) is 0 Å². The summed E-state index contributed by atoms with van der Waals surface area (Å²) in [5.41, 5.74) is 0. The molecule has 0 spiro atoms. The maximum atomic E-state index is 10.3. The summed E-state index contributed by atoms with van der Waals surface area (Å²) in [4.78, 5) is 32.8. The fraction of sp³-hybridized carbons (Fsp3) is 0.357. The lowest BCUT2D eigenvalue weighted by atomic mass is 10.5. The molecule has 0 aliphatic rings. The van der Waals surface area contributed by atoms with E-state index in [-0.39, 0.29) is 0 Å². The molecular formula is C14H22N2O4. The van der Waals surface area contributed by atoms with Crippen molar-refractivity contribution in [1.82, 2.24) is 9.80 Å². The first kappa shape index (κ1) is 20.1. The molecule has 0 aromatic carbocycles. The van der Waals surface area contributed by atoms with Gasteiger partial charge in [-0.2, -0.15) is 0 Å². The summed E-state index contributed by atoms with van der Waals surface area (Å²) >= 11 is 0. The van der Waals surface area contributed by atoms with E-state index in [1.807, 2.05) is 0 Å². The van der Waals surface area contributed by atoms with Gasteiger partial charge in [-0.25, -0.2) is 0 Å². The lowest BCUT2D eigenvalue weighted by molar-refractivity contribution is -0.116. The fourth-order valence-corrected chi connectivity index (χ4v) is 0.884. The van der Waals surface area contributed by atoms with Crippen molar-refractivity contribution in [2.75, 3.05) is 26.3 Å². The summed E-state index contributed by atoms with van der Waals surface area (Å²) in [7, 11) is 0. The van der Waals surface area contributed by atoms with Gasteiger partial charge in [0, 0.05) is 19.5 Å². The van der Waals surface area contributed by atoms with E-state index < -0.39 is 0 Å². The van der Waals surface area contributed by atoms with Crippen LogP contribution in [0.1, 0.15) is 6.42 Å². The lowest BCUT2D eigenvalue weighted by Gasteiger charge is -2.13. The molecule has 0 radical (unpaired) electrons. The van der Waals surface area contributed by atoms with Crippen LogP contribution in [-0.4, -0.2) is 55.2 Å². The predicted molar refractivity (Wildman–Crippen MR) is 77.6 cm³/mol. The van der Waals surface area contributed by atoms with Crippen LogP contribution in [0.15, 0.2) is 38.2 Å². The predicted octanol–water partition coefficient (Wildman–Crippen LogP) is 0.968. The van der Waals surface area contributed by atoms with Gasteiger partial charge in [0.2, 0.25) is 12.8 Å². The van der Waals surface area contributed by atoms with Crippen molar-refractivity contribution in [3.05, 3.63) is 38.2 Å². The lowest BCUT2D eigenvalue weighted by Crippen LogP contribution is -2.24. The zero-order valence-corrected chi connectivity index (χ0v) is 11.6. The molecule has 0 aliphatic heterocycles. The first-order valence-corrected chi connectivity index (χ1v) is 5.99. The van der Waals surface area contributed by atoms with Crippen LogP contribution in [0, 0.1) is 0 Å². The minimum absolute atomic E-state index is 0.411. The third kappa shape index (κ3) is 13.9. The van der Waals surface area contributed by atoms with Crippen LogP contribution in [0.25, 0.3) is 0 Å². The zero-order chi connectivity index (χ0) is 15.6. The average molecular weight is 282 g/mol. The second-order valence-corrected chi connectivity index (χ2v) is 3.36. The van der Waals surface area contributed by atoms with Gasteiger partial charge in [0.1, 0.15) is 6.29 Å². The Bertz CT molecular complexity index is 262. The Morgan fingerprint density at radius 1 is 0.850 bits per heavy atom. The topological polar surface area (TPSA) is 66.9 Å². The second-order valence-electron chi connectivity index (χ2n) is 3.36. The number of allylic oxidation sites excluding steroid dienone is 1. The number of ether oxygens (including phenoxy) is 1. The number of rotatable bonds is 12. The molecule has 6 heteroatoms. The molecule has 0 aliphatic carbocycles. The van der Waals surface area contributed by atoms with Crippen molar-refractivity contribution in [1.29, 1.82) is 0 Å². The summed E-state index contributed by atoms with van der Waals surface area (Å²) in [5, 5.41) is 0.